The number of benzene rings is 1. The number of amides is 1. The van der Waals surface area contributed by atoms with Crippen molar-refractivity contribution in [2.24, 2.45) is 0 Å². The van der Waals surface area contributed by atoms with Crippen LogP contribution in [0.1, 0.15) is 5.56 Å². The number of nitrogens with zero attached hydrogens (tertiary/aromatic N) is 3. The van der Waals surface area contributed by atoms with Gasteiger partial charge in [0.1, 0.15) is 12.9 Å². The van der Waals surface area contributed by atoms with Gasteiger partial charge in [-0.1, -0.05) is 30.3 Å². The molecule has 0 atom stereocenters. The van der Waals surface area contributed by atoms with Gasteiger partial charge in [0.25, 0.3) is 5.56 Å². The normalized spacial score (nSPS) is 10.4. The molecule has 10 nitrogen and oxygen atoms in total. The van der Waals surface area contributed by atoms with E-state index in [1.807, 2.05) is 18.2 Å². The van der Waals surface area contributed by atoms with Gasteiger partial charge in [0.15, 0.2) is 11.2 Å². The second-order valence-electron chi connectivity index (χ2n) is 4.86. The standard InChI is InChI=1S/C15H13N5O5/c1-24-15(23)20-8-16-10-11(20)17-13(18-12(10)21)19-14(22)25-7-9-5-3-2-4-6-9/h2-6,8H,7H2,1H3,(H2,17,18,19,21,22). The maximum atomic E-state index is 12.0. The van der Waals surface area contributed by atoms with Crippen LogP contribution in [0.15, 0.2) is 41.5 Å². The van der Waals surface area contributed by atoms with Crippen molar-refractivity contribution in [1.29, 1.82) is 0 Å². The number of carbonyl (C=O) groups is 2. The van der Waals surface area contributed by atoms with Gasteiger partial charge in [-0.2, -0.15) is 4.98 Å². The van der Waals surface area contributed by atoms with Crippen molar-refractivity contribution in [1.82, 2.24) is 19.5 Å². The molecule has 25 heavy (non-hydrogen) atoms. The minimum atomic E-state index is -0.810. The second-order valence-corrected chi connectivity index (χ2v) is 4.86. The average molecular weight is 343 g/mol. The summed E-state index contributed by atoms with van der Waals surface area (Å²) < 4.78 is 10.6. The van der Waals surface area contributed by atoms with Crippen molar-refractivity contribution in [3.8, 4) is 0 Å². The van der Waals surface area contributed by atoms with Crippen LogP contribution in [0.25, 0.3) is 11.2 Å². The molecule has 0 saturated carbocycles. The van der Waals surface area contributed by atoms with Crippen LogP contribution >= 0.6 is 0 Å². The van der Waals surface area contributed by atoms with Crippen LogP contribution in [-0.4, -0.2) is 38.8 Å². The van der Waals surface area contributed by atoms with E-state index < -0.39 is 17.7 Å². The highest BCUT2D eigenvalue weighted by Crippen LogP contribution is 2.09. The fourth-order valence-corrected chi connectivity index (χ4v) is 2.06. The number of hydrogen-bond donors (Lipinski definition) is 2. The molecule has 0 spiro atoms. The van der Waals surface area contributed by atoms with E-state index in [2.05, 4.69) is 25.0 Å². The zero-order valence-electron chi connectivity index (χ0n) is 13.1. The summed E-state index contributed by atoms with van der Waals surface area (Å²) in [7, 11) is 1.18. The van der Waals surface area contributed by atoms with Gasteiger partial charge in [0.05, 0.1) is 7.11 Å². The molecule has 0 saturated heterocycles. The van der Waals surface area contributed by atoms with Crippen LogP contribution in [0.2, 0.25) is 0 Å². The molecule has 0 unspecified atom stereocenters. The summed E-state index contributed by atoms with van der Waals surface area (Å²) in [6.45, 7) is 0.0548. The van der Waals surface area contributed by atoms with Gasteiger partial charge in [0, 0.05) is 0 Å². The first-order valence-corrected chi connectivity index (χ1v) is 7.12. The summed E-state index contributed by atoms with van der Waals surface area (Å²) in [6, 6.07) is 9.08. The molecule has 2 aromatic heterocycles. The Morgan fingerprint density at radius 3 is 2.76 bits per heavy atom. The SMILES string of the molecule is COC(=O)n1cnc2c(=O)[nH]c(NC(=O)OCc3ccccc3)nc21. The van der Waals surface area contributed by atoms with Gasteiger partial charge in [-0.25, -0.2) is 19.1 Å². The van der Waals surface area contributed by atoms with Crippen LogP contribution in [0.3, 0.4) is 0 Å². The quantitative estimate of drug-likeness (QED) is 0.737. The first-order chi connectivity index (χ1) is 12.1. The Labute approximate surface area is 140 Å². The summed E-state index contributed by atoms with van der Waals surface area (Å²) in [4.78, 5) is 45.6. The summed E-state index contributed by atoms with van der Waals surface area (Å²) >= 11 is 0. The molecule has 0 radical (unpaired) electrons. The minimum Gasteiger partial charge on any atom is -0.452 e. The van der Waals surface area contributed by atoms with E-state index in [9.17, 15) is 14.4 Å². The maximum Gasteiger partial charge on any atom is 0.420 e. The molecule has 0 aliphatic carbocycles. The number of ether oxygens (including phenoxy) is 2. The minimum absolute atomic E-state index is 0.0473. The summed E-state index contributed by atoms with van der Waals surface area (Å²) in [5.41, 5.74) is 0.0758. The number of carbonyl (C=O) groups excluding carboxylic acids is 2. The van der Waals surface area contributed by atoms with Crippen molar-refractivity contribution < 1.29 is 19.1 Å². The lowest BCUT2D eigenvalue weighted by atomic mass is 10.2. The highest BCUT2D eigenvalue weighted by molar-refractivity contribution is 5.86. The van der Waals surface area contributed by atoms with Gasteiger partial charge in [0.2, 0.25) is 5.95 Å². The molecule has 2 heterocycles. The number of anilines is 1. The number of rotatable bonds is 3. The first-order valence-electron chi connectivity index (χ1n) is 7.12. The van der Waals surface area contributed by atoms with E-state index in [0.29, 0.717) is 0 Å². The van der Waals surface area contributed by atoms with E-state index in [4.69, 9.17) is 4.74 Å². The molecule has 0 aliphatic heterocycles. The van der Waals surface area contributed by atoms with Crippen molar-refractivity contribution in [2.75, 3.05) is 12.4 Å². The van der Waals surface area contributed by atoms with Crippen molar-refractivity contribution in [3.63, 3.8) is 0 Å². The molecule has 1 aromatic carbocycles. The predicted octanol–water partition coefficient (Wildman–Crippen LogP) is 1.48. The topological polar surface area (TPSA) is 128 Å². The molecule has 3 rings (SSSR count). The Hall–Kier alpha value is -3.69. The number of hydrogen-bond acceptors (Lipinski definition) is 7. The molecule has 128 valence electrons. The van der Waals surface area contributed by atoms with Crippen LogP contribution in [0.5, 0.6) is 0 Å². The van der Waals surface area contributed by atoms with Gasteiger partial charge >= 0.3 is 12.2 Å². The lowest BCUT2D eigenvalue weighted by molar-refractivity contribution is 0.155. The van der Waals surface area contributed by atoms with Crippen molar-refractivity contribution in [2.45, 2.75) is 6.61 Å². The average Bonchev–Trinajstić information content (AvgIpc) is 3.04. The van der Waals surface area contributed by atoms with E-state index in [-0.39, 0.29) is 23.7 Å². The Balaban J connectivity index is 1.78. The van der Waals surface area contributed by atoms with E-state index in [0.717, 1.165) is 16.5 Å². The van der Waals surface area contributed by atoms with Gasteiger partial charge in [-0.3, -0.25) is 15.1 Å². The third kappa shape index (κ3) is 3.47. The van der Waals surface area contributed by atoms with Crippen LogP contribution < -0.4 is 10.9 Å². The zero-order chi connectivity index (χ0) is 17.8. The highest BCUT2D eigenvalue weighted by atomic mass is 16.5. The summed E-state index contributed by atoms with van der Waals surface area (Å²) in [5.74, 6) is -0.179. The second kappa shape index (κ2) is 6.83. The fourth-order valence-electron chi connectivity index (χ4n) is 2.06. The number of aromatic nitrogens is 4. The monoisotopic (exact) mass is 343 g/mol. The Morgan fingerprint density at radius 2 is 2.04 bits per heavy atom. The van der Waals surface area contributed by atoms with E-state index in [1.54, 1.807) is 12.1 Å². The van der Waals surface area contributed by atoms with Crippen molar-refractivity contribution >= 4 is 29.3 Å². The molecule has 0 bridgehead atoms. The highest BCUT2D eigenvalue weighted by Gasteiger charge is 2.16. The van der Waals surface area contributed by atoms with Gasteiger partial charge < -0.3 is 9.47 Å². The first kappa shape index (κ1) is 16.2. The third-order valence-electron chi connectivity index (χ3n) is 3.21. The fraction of sp³-hybridized carbons (Fsp3) is 0.133. The molecule has 0 aliphatic rings. The van der Waals surface area contributed by atoms with E-state index in [1.165, 1.54) is 7.11 Å². The smallest absolute Gasteiger partial charge is 0.420 e. The molecule has 0 fully saturated rings. The number of H-pyrrole nitrogens is 1. The van der Waals surface area contributed by atoms with Gasteiger partial charge in [-0.05, 0) is 5.56 Å². The Morgan fingerprint density at radius 1 is 1.28 bits per heavy atom. The molecule has 1 amide bonds. The molecular formula is C15H13N5O5. The molecule has 3 aromatic rings. The third-order valence-corrected chi connectivity index (χ3v) is 3.21. The van der Waals surface area contributed by atoms with Crippen LogP contribution in [0, 0.1) is 0 Å². The number of nitrogens with one attached hydrogen (secondary N) is 2. The largest absolute Gasteiger partial charge is 0.452 e. The van der Waals surface area contributed by atoms with Crippen molar-refractivity contribution in [3.05, 3.63) is 52.6 Å². The number of methoxy groups -OCH3 is 1. The predicted molar refractivity (Wildman–Crippen MR) is 86.2 cm³/mol. The Kier molecular flexibility index (Phi) is 4.42. The lowest BCUT2D eigenvalue weighted by Gasteiger charge is -2.06. The van der Waals surface area contributed by atoms with Crippen LogP contribution in [0.4, 0.5) is 15.5 Å². The summed E-state index contributed by atoms with van der Waals surface area (Å²) in [6.07, 6.45) is -0.468. The molecular weight excluding hydrogens is 330 g/mol. The number of aromatic amines is 1. The maximum absolute atomic E-state index is 12.0. The summed E-state index contributed by atoms with van der Waals surface area (Å²) in [5, 5.41) is 2.30. The van der Waals surface area contributed by atoms with E-state index >= 15 is 0 Å². The molecule has 2 N–H and O–H groups in total. The Bertz CT molecular complexity index is 979. The molecule has 10 heteroatoms. The van der Waals surface area contributed by atoms with Gasteiger partial charge in [-0.15, -0.1) is 0 Å². The lowest BCUT2D eigenvalue weighted by Crippen LogP contribution is -2.20. The number of imidazole rings is 1. The van der Waals surface area contributed by atoms with Crippen LogP contribution in [-0.2, 0) is 16.1 Å². The zero-order valence-corrected chi connectivity index (χ0v) is 13.1. The number of fused-ring (bicyclic) bond motifs is 1.